The van der Waals surface area contributed by atoms with Gasteiger partial charge in [0.25, 0.3) is 11.6 Å². The fourth-order valence-corrected chi connectivity index (χ4v) is 1.92. The first-order valence-corrected chi connectivity index (χ1v) is 6.59. The predicted octanol–water partition coefficient (Wildman–Crippen LogP) is 2.79. The average Bonchev–Trinajstić information content (AvgIpc) is 2.76. The molecule has 2 aromatic rings. The highest BCUT2D eigenvalue weighted by molar-refractivity contribution is 6.06. The van der Waals surface area contributed by atoms with Crippen LogP contribution < -0.4 is 5.32 Å². The van der Waals surface area contributed by atoms with Gasteiger partial charge in [-0.05, 0) is 25.3 Å². The number of aromatic nitrogens is 2. The van der Waals surface area contributed by atoms with Crippen molar-refractivity contribution in [3.05, 3.63) is 23.0 Å². The molecule has 102 valence electrons. The van der Waals surface area contributed by atoms with Gasteiger partial charge in [-0.15, -0.1) is 0 Å². The third kappa shape index (κ3) is 2.59. The van der Waals surface area contributed by atoms with Crippen LogP contribution in [0.5, 0.6) is 0 Å². The van der Waals surface area contributed by atoms with E-state index >= 15 is 0 Å². The molecule has 0 aliphatic heterocycles. The third-order valence-corrected chi connectivity index (χ3v) is 3.01. The number of amides is 1. The first kappa shape index (κ1) is 13.5. The summed E-state index contributed by atoms with van der Waals surface area (Å²) >= 11 is 0. The van der Waals surface area contributed by atoms with Crippen LogP contribution in [0.25, 0.3) is 11.1 Å². The molecular weight excluding hydrogens is 242 g/mol. The predicted molar refractivity (Wildman–Crippen MR) is 73.3 cm³/mol. The van der Waals surface area contributed by atoms with E-state index in [4.69, 9.17) is 4.52 Å². The minimum absolute atomic E-state index is 0.0950. The SMILES string of the molecule is CCCNC(=O)c1cc(C(C)C)nc2onc(C)c12. The van der Waals surface area contributed by atoms with Crippen molar-refractivity contribution in [3.8, 4) is 0 Å². The minimum Gasteiger partial charge on any atom is -0.352 e. The van der Waals surface area contributed by atoms with Gasteiger partial charge in [0.15, 0.2) is 0 Å². The van der Waals surface area contributed by atoms with Crippen LogP contribution >= 0.6 is 0 Å². The third-order valence-electron chi connectivity index (χ3n) is 3.01. The van der Waals surface area contributed by atoms with E-state index in [9.17, 15) is 4.79 Å². The second-order valence-corrected chi connectivity index (χ2v) is 4.95. The van der Waals surface area contributed by atoms with E-state index in [2.05, 4.69) is 15.5 Å². The average molecular weight is 261 g/mol. The summed E-state index contributed by atoms with van der Waals surface area (Å²) in [5.41, 5.74) is 2.57. The van der Waals surface area contributed by atoms with Gasteiger partial charge >= 0.3 is 0 Å². The van der Waals surface area contributed by atoms with Crippen molar-refractivity contribution in [1.82, 2.24) is 15.5 Å². The molecular formula is C14H19N3O2. The molecule has 0 fully saturated rings. The first-order valence-electron chi connectivity index (χ1n) is 6.59. The lowest BCUT2D eigenvalue weighted by Gasteiger charge is -2.09. The van der Waals surface area contributed by atoms with Crippen LogP contribution in [0.4, 0.5) is 0 Å². The molecule has 1 amide bonds. The summed E-state index contributed by atoms with van der Waals surface area (Å²) in [6, 6.07) is 1.84. The van der Waals surface area contributed by atoms with E-state index in [0.717, 1.165) is 12.1 Å². The zero-order valence-corrected chi connectivity index (χ0v) is 11.8. The summed E-state index contributed by atoms with van der Waals surface area (Å²) in [6.07, 6.45) is 0.902. The summed E-state index contributed by atoms with van der Waals surface area (Å²) in [6.45, 7) is 8.56. The number of rotatable bonds is 4. The lowest BCUT2D eigenvalue weighted by molar-refractivity contribution is 0.0955. The Labute approximate surface area is 112 Å². The molecule has 5 heteroatoms. The molecule has 2 aromatic heterocycles. The van der Waals surface area contributed by atoms with E-state index < -0.39 is 0 Å². The molecule has 0 aliphatic rings. The number of aryl methyl sites for hydroxylation is 1. The standard InChI is InChI=1S/C14H19N3O2/c1-5-6-15-13(18)10-7-11(8(2)3)16-14-12(10)9(4)17-19-14/h7-8H,5-6H2,1-4H3,(H,15,18). The number of hydrogen-bond donors (Lipinski definition) is 1. The van der Waals surface area contributed by atoms with Crippen LogP contribution in [0.1, 0.15) is 54.9 Å². The minimum atomic E-state index is -0.0950. The summed E-state index contributed by atoms with van der Waals surface area (Å²) in [4.78, 5) is 16.6. The molecule has 0 atom stereocenters. The Kier molecular flexibility index (Phi) is 3.83. The maximum Gasteiger partial charge on any atom is 0.259 e. The van der Waals surface area contributed by atoms with Crippen LogP contribution in [-0.4, -0.2) is 22.6 Å². The van der Waals surface area contributed by atoms with Gasteiger partial charge in [0.2, 0.25) is 0 Å². The van der Waals surface area contributed by atoms with Crippen molar-refractivity contribution in [3.63, 3.8) is 0 Å². The summed E-state index contributed by atoms with van der Waals surface area (Å²) < 4.78 is 5.19. The van der Waals surface area contributed by atoms with Gasteiger partial charge in [-0.2, -0.15) is 0 Å². The van der Waals surface area contributed by atoms with E-state index in [0.29, 0.717) is 28.9 Å². The molecule has 5 nitrogen and oxygen atoms in total. The fraction of sp³-hybridized carbons (Fsp3) is 0.500. The maximum absolute atomic E-state index is 12.2. The van der Waals surface area contributed by atoms with Gasteiger partial charge in [-0.1, -0.05) is 25.9 Å². The van der Waals surface area contributed by atoms with Crippen LogP contribution in [0.15, 0.2) is 10.6 Å². The number of carbonyl (C=O) groups excluding carboxylic acids is 1. The number of nitrogens with zero attached hydrogens (tertiary/aromatic N) is 2. The maximum atomic E-state index is 12.2. The van der Waals surface area contributed by atoms with Crippen LogP contribution in [0, 0.1) is 6.92 Å². The van der Waals surface area contributed by atoms with Crippen LogP contribution in [0.2, 0.25) is 0 Å². The smallest absolute Gasteiger partial charge is 0.259 e. The van der Waals surface area contributed by atoms with Gasteiger partial charge in [0.05, 0.1) is 16.6 Å². The summed E-state index contributed by atoms with van der Waals surface area (Å²) in [7, 11) is 0. The fourth-order valence-electron chi connectivity index (χ4n) is 1.92. The van der Waals surface area contributed by atoms with Crippen molar-refractivity contribution in [2.24, 2.45) is 0 Å². The lowest BCUT2D eigenvalue weighted by Crippen LogP contribution is -2.24. The highest BCUT2D eigenvalue weighted by atomic mass is 16.5. The molecule has 19 heavy (non-hydrogen) atoms. The topological polar surface area (TPSA) is 68.0 Å². The molecule has 2 rings (SSSR count). The van der Waals surface area contributed by atoms with Gasteiger partial charge in [-0.3, -0.25) is 4.79 Å². The van der Waals surface area contributed by atoms with E-state index in [1.807, 2.05) is 33.8 Å². The number of carbonyl (C=O) groups is 1. The molecule has 0 saturated heterocycles. The largest absolute Gasteiger partial charge is 0.352 e. The first-order chi connectivity index (χ1) is 9.04. The monoisotopic (exact) mass is 261 g/mol. The van der Waals surface area contributed by atoms with E-state index in [-0.39, 0.29) is 11.8 Å². The van der Waals surface area contributed by atoms with Gasteiger partial charge in [0, 0.05) is 12.2 Å². The second kappa shape index (κ2) is 5.38. The van der Waals surface area contributed by atoms with Gasteiger partial charge in [-0.25, -0.2) is 4.98 Å². The molecule has 0 spiro atoms. The summed E-state index contributed by atoms with van der Waals surface area (Å²) in [5.74, 6) is 0.134. The molecule has 0 aromatic carbocycles. The molecule has 0 aliphatic carbocycles. The Morgan fingerprint density at radius 3 is 2.84 bits per heavy atom. The molecule has 0 radical (unpaired) electrons. The zero-order valence-electron chi connectivity index (χ0n) is 11.8. The van der Waals surface area contributed by atoms with Gasteiger partial charge in [0.1, 0.15) is 0 Å². The normalized spacial score (nSPS) is 11.2. The highest BCUT2D eigenvalue weighted by Crippen LogP contribution is 2.24. The van der Waals surface area contributed by atoms with Crippen LogP contribution in [0.3, 0.4) is 0 Å². The molecule has 0 unspecified atom stereocenters. The molecule has 1 N–H and O–H groups in total. The van der Waals surface area contributed by atoms with Crippen molar-refractivity contribution in [2.75, 3.05) is 6.54 Å². The number of hydrogen-bond acceptors (Lipinski definition) is 4. The number of nitrogens with one attached hydrogen (secondary N) is 1. The Morgan fingerprint density at radius 1 is 1.47 bits per heavy atom. The lowest BCUT2D eigenvalue weighted by atomic mass is 10.0. The second-order valence-electron chi connectivity index (χ2n) is 4.95. The zero-order chi connectivity index (χ0) is 14.0. The quantitative estimate of drug-likeness (QED) is 0.918. The Bertz CT molecular complexity index is 602. The van der Waals surface area contributed by atoms with Gasteiger partial charge < -0.3 is 9.84 Å². The van der Waals surface area contributed by atoms with Crippen LogP contribution in [-0.2, 0) is 0 Å². The van der Waals surface area contributed by atoms with Crippen molar-refractivity contribution in [2.45, 2.75) is 40.0 Å². The number of pyridine rings is 1. The van der Waals surface area contributed by atoms with E-state index in [1.165, 1.54) is 0 Å². The molecule has 0 bridgehead atoms. The Hall–Kier alpha value is -1.91. The van der Waals surface area contributed by atoms with Crippen molar-refractivity contribution in [1.29, 1.82) is 0 Å². The highest BCUT2D eigenvalue weighted by Gasteiger charge is 2.19. The van der Waals surface area contributed by atoms with Crippen molar-refractivity contribution >= 4 is 17.0 Å². The number of fused-ring (bicyclic) bond motifs is 1. The van der Waals surface area contributed by atoms with E-state index in [1.54, 1.807) is 0 Å². The molecule has 2 heterocycles. The Morgan fingerprint density at radius 2 is 2.21 bits per heavy atom. The Balaban J connectivity index is 2.55. The van der Waals surface area contributed by atoms with Crippen molar-refractivity contribution < 1.29 is 9.32 Å². The molecule has 0 saturated carbocycles. The summed E-state index contributed by atoms with van der Waals surface area (Å²) in [5, 5.41) is 7.50.